The van der Waals surface area contributed by atoms with Crippen LogP contribution in [-0.2, 0) is 12.0 Å². The van der Waals surface area contributed by atoms with Crippen LogP contribution in [-0.4, -0.2) is 36.6 Å². The van der Waals surface area contributed by atoms with Crippen LogP contribution in [0.5, 0.6) is 0 Å². The van der Waals surface area contributed by atoms with Crippen molar-refractivity contribution in [2.24, 2.45) is 5.92 Å². The van der Waals surface area contributed by atoms with Gasteiger partial charge in [0.05, 0.1) is 12.7 Å². The summed E-state index contributed by atoms with van der Waals surface area (Å²) in [6, 6.07) is 0. The van der Waals surface area contributed by atoms with Crippen LogP contribution in [0, 0.1) is 5.92 Å². The standard InChI is InChI=1S/C15H27N3O/c1-15(2,3)13-9-17-14(19-13)11-18-7-5-6-12(10-18)8-16-4/h9,12,16H,5-8,10-11H2,1-4H3. The van der Waals surface area contributed by atoms with E-state index >= 15 is 0 Å². The normalized spacial score (nSPS) is 21.8. The fraction of sp³-hybridized carbons (Fsp3) is 0.800. The molecule has 1 aromatic heterocycles. The third-order valence-electron chi connectivity index (χ3n) is 3.75. The molecule has 0 aliphatic carbocycles. The maximum absolute atomic E-state index is 5.88. The summed E-state index contributed by atoms with van der Waals surface area (Å²) in [6.45, 7) is 10.7. The van der Waals surface area contributed by atoms with Gasteiger partial charge in [0.2, 0.25) is 5.89 Å². The third kappa shape index (κ3) is 4.05. The summed E-state index contributed by atoms with van der Waals surface area (Å²) in [5.41, 5.74) is 0.0435. The molecule has 1 fully saturated rings. The van der Waals surface area contributed by atoms with Crippen molar-refractivity contribution in [3.05, 3.63) is 17.8 Å². The molecule has 1 N–H and O–H groups in total. The Hall–Kier alpha value is -0.870. The first-order chi connectivity index (χ1) is 8.99. The zero-order valence-electron chi connectivity index (χ0n) is 12.7. The first-order valence-corrected chi connectivity index (χ1v) is 7.31. The predicted octanol–water partition coefficient (Wildman–Crippen LogP) is 2.40. The van der Waals surface area contributed by atoms with Crippen LogP contribution in [0.2, 0.25) is 0 Å². The molecule has 1 aromatic rings. The summed E-state index contributed by atoms with van der Waals surface area (Å²) in [7, 11) is 2.03. The molecule has 0 radical (unpaired) electrons. The molecule has 1 unspecified atom stereocenters. The zero-order valence-corrected chi connectivity index (χ0v) is 12.7. The van der Waals surface area contributed by atoms with Crippen LogP contribution in [0.4, 0.5) is 0 Å². The van der Waals surface area contributed by atoms with Gasteiger partial charge in [-0.05, 0) is 38.9 Å². The monoisotopic (exact) mass is 265 g/mol. The van der Waals surface area contributed by atoms with Gasteiger partial charge in [-0.3, -0.25) is 4.90 Å². The lowest BCUT2D eigenvalue weighted by atomic mass is 9.94. The highest BCUT2D eigenvalue weighted by Crippen LogP contribution is 2.24. The van der Waals surface area contributed by atoms with Crippen molar-refractivity contribution in [3.63, 3.8) is 0 Å². The molecule has 19 heavy (non-hydrogen) atoms. The van der Waals surface area contributed by atoms with E-state index in [1.165, 1.54) is 12.8 Å². The van der Waals surface area contributed by atoms with Gasteiger partial charge in [0.25, 0.3) is 0 Å². The average molecular weight is 265 g/mol. The van der Waals surface area contributed by atoms with Crippen molar-refractivity contribution >= 4 is 0 Å². The summed E-state index contributed by atoms with van der Waals surface area (Å²) < 4.78 is 5.88. The number of nitrogens with zero attached hydrogens (tertiary/aromatic N) is 2. The molecule has 0 amide bonds. The molecule has 2 heterocycles. The fourth-order valence-corrected chi connectivity index (χ4v) is 2.67. The van der Waals surface area contributed by atoms with E-state index in [0.29, 0.717) is 0 Å². The van der Waals surface area contributed by atoms with Gasteiger partial charge >= 0.3 is 0 Å². The molecular weight excluding hydrogens is 238 g/mol. The molecule has 4 heteroatoms. The van der Waals surface area contributed by atoms with Crippen molar-refractivity contribution < 1.29 is 4.42 Å². The summed E-state index contributed by atoms with van der Waals surface area (Å²) in [5, 5.41) is 3.28. The van der Waals surface area contributed by atoms with Gasteiger partial charge in [-0.15, -0.1) is 0 Å². The lowest BCUT2D eigenvalue weighted by Crippen LogP contribution is -2.38. The molecule has 2 rings (SSSR count). The number of likely N-dealkylation sites (tertiary alicyclic amines) is 1. The molecule has 108 valence electrons. The molecule has 0 spiro atoms. The first-order valence-electron chi connectivity index (χ1n) is 7.31. The molecule has 0 bridgehead atoms. The molecule has 1 atom stereocenters. The van der Waals surface area contributed by atoms with Gasteiger partial charge in [0.1, 0.15) is 5.76 Å². The number of oxazole rings is 1. The number of aromatic nitrogens is 1. The maximum Gasteiger partial charge on any atom is 0.208 e. The molecule has 1 aliphatic rings. The smallest absolute Gasteiger partial charge is 0.208 e. The van der Waals surface area contributed by atoms with Gasteiger partial charge in [0, 0.05) is 12.0 Å². The van der Waals surface area contributed by atoms with Crippen LogP contribution in [0.1, 0.15) is 45.3 Å². The average Bonchev–Trinajstić information content (AvgIpc) is 2.78. The van der Waals surface area contributed by atoms with E-state index in [1.54, 1.807) is 0 Å². The van der Waals surface area contributed by atoms with Gasteiger partial charge < -0.3 is 9.73 Å². The van der Waals surface area contributed by atoms with Crippen molar-refractivity contribution in [1.29, 1.82) is 0 Å². The SMILES string of the molecule is CNCC1CCCN(Cc2ncc(C(C)(C)C)o2)C1. The lowest BCUT2D eigenvalue weighted by molar-refractivity contribution is 0.152. The second kappa shape index (κ2) is 6.06. The van der Waals surface area contributed by atoms with E-state index in [1.807, 2.05) is 13.2 Å². The van der Waals surface area contributed by atoms with Crippen molar-refractivity contribution in [2.75, 3.05) is 26.7 Å². The molecule has 0 aromatic carbocycles. The molecule has 0 saturated carbocycles. The van der Waals surface area contributed by atoms with Crippen molar-refractivity contribution in [2.45, 2.75) is 45.6 Å². The van der Waals surface area contributed by atoms with Crippen LogP contribution in [0.3, 0.4) is 0 Å². The topological polar surface area (TPSA) is 41.3 Å². The fourth-order valence-electron chi connectivity index (χ4n) is 2.67. The second-order valence-electron chi connectivity index (χ2n) is 6.67. The first kappa shape index (κ1) is 14.5. The van der Waals surface area contributed by atoms with E-state index in [0.717, 1.165) is 43.7 Å². The number of piperidine rings is 1. The van der Waals surface area contributed by atoms with Crippen molar-refractivity contribution in [3.8, 4) is 0 Å². The highest BCUT2D eigenvalue weighted by atomic mass is 16.4. The Labute approximate surface area is 116 Å². The van der Waals surface area contributed by atoms with Crippen LogP contribution in [0.25, 0.3) is 0 Å². The van der Waals surface area contributed by atoms with Gasteiger partial charge in [0.15, 0.2) is 0 Å². The van der Waals surface area contributed by atoms with Crippen molar-refractivity contribution in [1.82, 2.24) is 15.2 Å². The summed E-state index contributed by atoms with van der Waals surface area (Å²) in [5.74, 6) is 2.59. The van der Waals surface area contributed by atoms with Crippen LogP contribution >= 0.6 is 0 Å². The van der Waals surface area contributed by atoms with Crippen LogP contribution < -0.4 is 5.32 Å². The minimum atomic E-state index is 0.0435. The summed E-state index contributed by atoms with van der Waals surface area (Å²) >= 11 is 0. The Kier molecular flexibility index (Phi) is 4.63. The molecular formula is C15H27N3O. The quantitative estimate of drug-likeness (QED) is 0.907. The largest absolute Gasteiger partial charge is 0.444 e. The van der Waals surface area contributed by atoms with Gasteiger partial charge in [-0.25, -0.2) is 4.98 Å². The van der Waals surface area contributed by atoms with E-state index in [9.17, 15) is 0 Å². The van der Waals surface area contributed by atoms with Crippen LogP contribution in [0.15, 0.2) is 10.6 Å². The lowest BCUT2D eigenvalue weighted by Gasteiger charge is -2.31. The number of hydrogen-bond acceptors (Lipinski definition) is 4. The predicted molar refractivity (Wildman–Crippen MR) is 77.1 cm³/mol. The van der Waals surface area contributed by atoms with E-state index in [-0.39, 0.29) is 5.41 Å². The minimum absolute atomic E-state index is 0.0435. The number of hydrogen-bond donors (Lipinski definition) is 1. The number of nitrogens with one attached hydrogen (secondary N) is 1. The Bertz CT molecular complexity index is 392. The van der Waals surface area contributed by atoms with Gasteiger partial charge in [-0.1, -0.05) is 20.8 Å². The highest BCUT2D eigenvalue weighted by molar-refractivity contribution is 5.06. The Morgan fingerprint density at radius 2 is 2.26 bits per heavy atom. The number of rotatable bonds is 4. The molecule has 4 nitrogen and oxygen atoms in total. The Morgan fingerprint density at radius 3 is 2.89 bits per heavy atom. The van der Waals surface area contributed by atoms with E-state index in [2.05, 4.69) is 36.0 Å². The van der Waals surface area contributed by atoms with E-state index < -0.39 is 0 Å². The second-order valence-corrected chi connectivity index (χ2v) is 6.67. The van der Waals surface area contributed by atoms with Gasteiger partial charge in [-0.2, -0.15) is 0 Å². The summed E-state index contributed by atoms with van der Waals surface area (Å²) in [4.78, 5) is 6.89. The summed E-state index contributed by atoms with van der Waals surface area (Å²) in [6.07, 6.45) is 4.49. The zero-order chi connectivity index (χ0) is 13.9. The maximum atomic E-state index is 5.88. The molecule has 1 saturated heterocycles. The molecule has 1 aliphatic heterocycles. The highest BCUT2D eigenvalue weighted by Gasteiger charge is 2.23. The Balaban J connectivity index is 1.92. The Morgan fingerprint density at radius 1 is 1.47 bits per heavy atom. The van der Waals surface area contributed by atoms with E-state index in [4.69, 9.17) is 4.42 Å². The third-order valence-corrected chi connectivity index (χ3v) is 3.75. The minimum Gasteiger partial charge on any atom is -0.444 e.